The van der Waals surface area contributed by atoms with E-state index >= 15 is 0 Å². The van der Waals surface area contributed by atoms with Crippen LogP contribution in [0.3, 0.4) is 0 Å². The summed E-state index contributed by atoms with van der Waals surface area (Å²) in [6, 6.07) is 16.9. The first kappa shape index (κ1) is 32.9. The third-order valence-electron chi connectivity index (χ3n) is 6.73. The second-order valence-corrected chi connectivity index (χ2v) is 12.0. The van der Waals surface area contributed by atoms with E-state index in [2.05, 4.69) is 5.32 Å². The number of alkyl halides is 3. The fourth-order valence-electron chi connectivity index (χ4n) is 4.25. The van der Waals surface area contributed by atoms with Gasteiger partial charge in [0, 0.05) is 12.6 Å². The minimum atomic E-state index is -4.80. The average Bonchev–Trinajstić information content (AvgIpc) is 2.96. The summed E-state index contributed by atoms with van der Waals surface area (Å²) < 4.78 is 69.3. The normalized spacial score (nSPS) is 13.2. The number of carbonyl (C=O) groups excluding carboxylic acids is 2. The van der Waals surface area contributed by atoms with Crippen LogP contribution in [0.5, 0.6) is 0 Å². The molecular weight excluding hydrogens is 591 g/mol. The molecular formula is C30H33ClF3N3O4S. The molecule has 226 valence electrons. The molecule has 0 aromatic heterocycles. The number of hydrogen-bond donors (Lipinski definition) is 1. The van der Waals surface area contributed by atoms with Crippen molar-refractivity contribution < 1.29 is 31.2 Å². The molecule has 3 aromatic rings. The summed E-state index contributed by atoms with van der Waals surface area (Å²) >= 11 is 6.28. The summed E-state index contributed by atoms with van der Waals surface area (Å²) in [5.41, 5.74) is -0.973. The fourth-order valence-corrected chi connectivity index (χ4v) is 5.97. The summed E-state index contributed by atoms with van der Waals surface area (Å²) in [7, 11) is -4.58. The van der Waals surface area contributed by atoms with Gasteiger partial charge in [-0.25, -0.2) is 8.42 Å². The molecule has 0 saturated carbocycles. The third kappa shape index (κ3) is 8.04. The van der Waals surface area contributed by atoms with Crippen LogP contribution < -0.4 is 9.62 Å². The molecule has 0 radical (unpaired) electrons. The zero-order chi connectivity index (χ0) is 31.1. The highest BCUT2D eigenvalue weighted by Gasteiger charge is 2.37. The van der Waals surface area contributed by atoms with Crippen LogP contribution in [-0.4, -0.2) is 43.8 Å². The number of nitrogens with zero attached hydrogens (tertiary/aromatic N) is 2. The number of nitrogens with one attached hydrogen (secondary N) is 1. The lowest BCUT2D eigenvalue weighted by molar-refractivity contribution is -0.140. The van der Waals surface area contributed by atoms with Gasteiger partial charge >= 0.3 is 6.18 Å². The molecule has 2 amide bonds. The maximum absolute atomic E-state index is 14.0. The van der Waals surface area contributed by atoms with Gasteiger partial charge in [-0.05, 0) is 55.7 Å². The average molecular weight is 624 g/mol. The Morgan fingerprint density at radius 2 is 1.52 bits per heavy atom. The van der Waals surface area contributed by atoms with Crippen LogP contribution in [0.2, 0.25) is 5.02 Å². The molecule has 0 bridgehead atoms. The summed E-state index contributed by atoms with van der Waals surface area (Å²) in [5, 5.41) is 2.57. The van der Waals surface area contributed by atoms with Gasteiger partial charge in [-0.15, -0.1) is 0 Å². The standard InChI is InChI=1S/C30H33ClF3N3O4S/c1-4-21(3)35-29(39)26(5-2)36(19-22-12-8-6-9-13-22)28(38)20-37(42(40,41)24-14-10-7-11-15-24)27-18-23(30(32,33)34)16-17-25(27)31/h6-18,21,26H,4-5,19-20H2,1-3H3,(H,35,39)/t21-,26-/m0/s1. The Labute approximate surface area is 249 Å². The molecule has 0 spiro atoms. The van der Waals surface area contributed by atoms with Crippen LogP contribution in [-0.2, 0) is 32.3 Å². The quantitative estimate of drug-likeness (QED) is 0.257. The number of sulfonamides is 1. The largest absolute Gasteiger partial charge is 0.416 e. The Bertz CT molecular complexity index is 1470. The second-order valence-electron chi connectivity index (χ2n) is 9.74. The van der Waals surface area contributed by atoms with E-state index in [1.807, 2.05) is 13.8 Å². The lowest BCUT2D eigenvalue weighted by Crippen LogP contribution is -2.53. The lowest BCUT2D eigenvalue weighted by Gasteiger charge is -2.34. The summed E-state index contributed by atoms with van der Waals surface area (Å²) in [5.74, 6) is -1.22. The van der Waals surface area contributed by atoms with E-state index in [9.17, 15) is 31.2 Å². The SMILES string of the molecule is CC[C@H](C)NC(=O)[C@H](CC)N(Cc1ccccc1)C(=O)CN(c1cc(C(F)(F)F)ccc1Cl)S(=O)(=O)c1ccccc1. The number of carbonyl (C=O) groups is 2. The Morgan fingerprint density at radius 1 is 0.929 bits per heavy atom. The highest BCUT2D eigenvalue weighted by atomic mass is 35.5. The van der Waals surface area contributed by atoms with E-state index in [-0.39, 0.29) is 28.9 Å². The molecule has 0 aliphatic rings. The fraction of sp³-hybridized carbons (Fsp3) is 0.333. The number of anilines is 1. The number of benzene rings is 3. The van der Waals surface area contributed by atoms with Gasteiger partial charge in [0.15, 0.2) is 0 Å². The van der Waals surface area contributed by atoms with Crippen LogP contribution in [0.25, 0.3) is 0 Å². The molecule has 3 rings (SSSR count). The molecule has 42 heavy (non-hydrogen) atoms. The molecule has 0 heterocycles. The topological polar surface area (TPSA) is 86.8 Å². The lowest BCUT2D eigenvalue weighted by atomic mass is 10.1. The van der Waals surface area contributed by atoms with Crippen molar-refractivity contribution in [2.45, 2.75) is 63.3 Å². The maximum atomic E-state index is 14.0. The molecule has 0 aliphatic carbocycles. The highest BCUT2D eigenvalue weighted by molar-refractivity contribution is 7.92. The monoisotopic (exact) mass is 623 g/mol. The van der Waals surface area contributed by atoms with Crippen LogP contribution in [0, 0.1) is 0 Å². The molecule has 3 aromatic carbocycles. The number of rotatable bonds is 12. The van der Waals surface area contributed by atoms with E-state index in [1.54, 1.807) is 43.3 Å². The minimum Gasteiger partial charge on any atom is -0.352 e. The van der Waals surface area contributed by atoms with E-state index in [0.29, 0.717) is 22.4 Å². The summed E-state index contributed by atoms with van der Waals surface area (Å²) in [4.78, 5) is 28.3. The zero-order valence-corrected chi connectivity index (χ0v) is 25.0. The molecule has 0 unspecified atom stereocenters. The van der Waals surface area contributed by atoms with Gasteiger partial charge in [-0.1, -0.05) is 74.0 Å². The van der Waals surface area contributed by atoms with Crippen molar-refractivity contribution in [1.82, 2.24) is 10.2 Å². The number of amides is 2. The molecule has 7 nitrogen and oxygen atoms in total. The molecule has 0 fully saturated rings. The Balaban J connectivity index is 2.14. The summed E-state index contributed by atoms with van der Waals surface area (Å²) in [6.45, 7) is 4.48. The Kier molecular flexibility index (Phi) is 11.0. The van der Waals surface area contributed by atoms with E-state index in [4.69, 9.17) is 11.6 Å². The number of hydrogen-bond acceptors (Lipinski definition) is 4. The molecule has 0 aliphatic heterocycles. The van der Waals surface area contributed by atoms with Gasteiger partial charge in [0.05, 0.1) is 21.2 Å². The van der Waals surface area contributed by atoms with Crippen molar-refractivity contribution in [3.63, 3.8) is 0 Å². The van der Waals surface area contributed by atoms with Crippen LogP contribution in [0.4, 0.5) is 18.9 Å². The predicted molar refractivity (Wildman–Crippen MR) is 156 cm³/mol. The predicted octanol–water partition coefficient (Wildman–Crippen LogP) is 6.28. The van der Waals surface area contributed by atoms with Crippen molar-refractivity contribution in [3.05, 3.63) is 95.0 Å². The van der Waals surface area contributed by atoms with Crippen molar-refractivity contribution in [2.75, 3.05) is 10.8 Å². The van der Waals surface area contributed by atoms with Gasteiger partial charge < -0.3 is 10.2 Å². The van der Waals surface area contributed by atoms with Gasteiger partial charge in [0.25, 0.3) is 10.0 Å². The van der Waals surface area contributed by atoms with E-state index in [0.717, 1.165) is 12.1 Å². The molecule has 1 N–H and O–H groups in total. The first-order valence-electron chi connectivity index (χ1n) is 13.4. The molecule has 2 atom stereocenters. The maximum Gasteiger partial charge on any atom is 0.416 e. The van der Waals surface area contributed by atoms with Gasteiger partial charge in [0.2, 0.25) is 11.8 Å². The smallest absolute Gasteiger partial charge is 0.352 e. The van der Waals surface area contributed by atoms with Gasteiger partial charge in [-0.2, -0.15) is 13.2 Å². The van der Waals surface area contributed by atoms with Crippen LogP contribution >= 0.6 is 11.6 Å². The summed E-state index contributed by atoms with van der Waals surface area (Å²) in [6.07, 6.45) is -3.95. The minimum absolute atomic E-state index is 0.0400. The second kappa shape index (κ2) is 14.1. The van der Waals surface area contributed by atoms with Crippen molar-refractivity contribution in [1.29, 1.82) is 0 Å². The molecule has 12 heteroatoms. The zero-order valence-electron chi connectivity index (χ0n) is 23.4. The Hall–Kier alpha value is -3.57. The molecule has 0 saturated heterocycles. The van der Waals surface area contributed by atoms with Crippen LogP contribution in [0.15, 0.2) is 83.8 Å². The van der Waals surface area contributed by atoms with Gasteiger partial charge in [-0.3, -0.25) is 13.9 Å². The third-order valence-corrected chi connectivity index (χ3v) is 8.83. The number of halogens is 4. The van der Waals surface area contributed by atoms with Crippen LogP contribution in [0.1, 0.15) is 44.7 Å². The van der Waals surface area contributed by atoms with Crippen molar-refractivity contribution in [3.8, 4) is 0 Å². The first-order valence-corrected chi connectivity index (χ1v) is 15.2. The highest BCUT2D eigenvalue weighted by Crippen LogP contribution is 2.37. The first-order chi connectivity index (χ1) is 19.8. The van der Waals surface area contributed by atoms with Gasteiger partial charge in [0.1, 0.15) is 12.6 Å². The van der Waals surface area contributed by atoms with E-state index < -0.39 is 51.9 Å². The Morgan fingerprint density at radius 3 is 2.07 bits per heavy atom. The van der Waals surface area contributed by atoms with E-state index in [1.165, 1.54) is 29.2 Å². The van der Waals surface area contributed by atoms with Crippen molar-refractivity contribution >= 4 is 39.1 Å². The van der Waals surface area contributed by atoms with Crippen molar-refractivity contribution in [2.24, 2.45) is 0 Å².